The molecule has 0 aliphatic carbocycles. The molecule has 3 aliphatic rings. The SMILES string of the molecule is CC(=O)c1ccc(CNc2c(Cl)ccc3c2CCN(C(=O)C(F)(F)F)CC3)cc1.CON=C(C)c1ccc(CNc2c(Cl)ccc3c2CCN(C(=O)C(F)(F)F)CC3)cc1.CON=C(C)c1ccc(CNc2c(Cl)ccc3c2CCNCC3)cc1.O=C(O)CCC(=O)O. The number of oxime groups is 2. The molecule has 6 aromatic rings. The number of fused-ring (bicyclic) bond motifs is 3. The molecule has 0 fully saturated rings. The van der Waals surface area contributed by atoms with E-state index in [1.54, 1.807) is 37.4 Å². The maximum absolute atomic E-state index is 12.8. The third-order valence-corrected chi connectivity index (χ3v) is 16.3. The molecule has 17 nitrogen and oxygen atoms in total. The number of aliphatic carboxylic acids is 2. The van der Waals surface area contributed by atoms with Gasteiger partial charge in [0.15, 0.2) is 5.78 Å². The van der Waals surface area contributed by atoms with Crippen LogP contribution >= 0.6 is 34.8 Å². The van der Waals surface area contributed by atoms with Gasteiger partial charge >= 0.3 is 36.1 Å². The molecule has 26 heteroatoms. The van der Waals surface area contributed by atoms with Crippen LogP contribution in [0.5, 0.6) is 0 Å². The average molecular weight is 1350 g/mol. The van der Waals surface area contributed by atoms with Crippen LogP contribution in [0.2, 0.25) is 15.1 Å². The highest BCUT2D eigenvalue weighted by Gasteiger charge is 2.44. The number of Topliss-reactive ketones (excluding diaryl/α,β-unsaturated/α-hetero) is 1. The molecule has 9 rings (SSSR count). The van der Waals surface area contributed by atoms with Crippen LogP contribution in [0.15, 0.2) is 120 Å². The van der Waals surface area contributed by atoms with Gasteiger partial charge in [0.1, 0.15) is 14.2 Å². The Bertz CT molecular complexity index is 3620. The highest BCUT2D eigenvalue weighted by Crippen LogP contribution is 2.36. The number of ketones is 1. The van der Waals surface area contributed by atoms with Crippen LogP contribution in [0.1, 0.15) is 105 Å². The number of hydrogen-bond acceptors (Lipinski definition) is 13. The number of carbonyl (C=O) groups is 5. The predicted octanol–water partition coefficient (Wildman–Crippen LogP) is 13.4. The predicted molar refractivity (Wildman–Crippen MR) is 349 cm³/mol. The Morgan fingerprint density at radius 1 is 0.473 bits per heavy atom. The van der Waals surface area contributed by atoms with Crippen molar-refractivity contribution in [1.82, 2.24) is 15.1 Å². The number of halogens is 9. The number of rotatable bonds is 17. The minimum Gasteiger partial charge on any atom is -0.481 e. The highest BCUT2D eigenvalue weighted by atomic mass is 35.5. The Morgan fingerprint density at radius 2 is 0.785 bits per heavy atom. The first-order chi connectivity index (χ1) is 44.2. The van der Waals surface area contributed by atoms with Gasteiger partial charge in [0.05, 0.1) is 56.4 Å². The molecule has 0 bridgehead atoms. The molecule has 0 spiro atoms. The van der Waals surface area contributed by atoms with E-state index in [9.17, 15) is 50.3 Å². The number of alkyl halides is 6. The monoisotopic (exact) mass is 1350 g/mol. The van der Waals surface area contributed by atoms with Gasteiger partial charge in [-0.3, -0.25) is 24.0 Å². The van der Waals surface area contributed by atoms with E-state index in [1.807, 2.05) is 62.4 Å². The first kappa shape index (κ1) is 73.7. The molecule has 0 unspecified atom stereocenters. The normalized spacial score (nSPS) is 14.0. The molecule has 0 saturated carbocycles. The van der Waals surface area contributed by atoms with Gasteiger partial charge in [-0.2, -0.15) is 26.3 Å². The van der Waals surface area contributed by atoms with Gasteiger partial charge in [-0.25, -0.2) is 0 Å². The number of nitrogens with zero attached hydrogens (tertiary/aromatic N) is 4. The smallest absolute Gasteiger partial charge is 0.471 e. The fourth-order valence-corrected chi connectivity index (χ4v) is 11.2. The number of carbonyl (C=O) groups excluding carboxylic acids is 3. The fourth-order valence-electron chi connectivity index (χ4n) is 10.4. The molecule has 3 aliphatic heterocycles. The molecule has 3 heterocycles. The van der Waals surface area contributed by atoms with Crippen molar-refractivity contribution in [3.8, 4) is 0 Å². The Labute approximate surface area is 550 Å². The second-order valence-corrected chi connectivity index (χ2v) is 22.9. The van der Waals surface area contributed by atoms with Crippen molar-refractivity contribution in [2.45, 2.75) is 104 Å². The summed E-state index contributed by atoms with van der Waals surface area (Å²) in [5.41, 5.74) is 16.0. The van der Waals surface area contributed by atoms with E-state index >= 15 is 0 Å². The number of hydrogen-bond donors (Lipinski definition) is 6. The van der Waals surface area contributed by atoms with E-state index in [0.29, 0.717) is 59.3 Å². The maximum atomic E-state index is 12.8. The second-order valence-electron chi connectivity index (χ2n) is 21.7. The van der Waals surface area contributed by atoms with E-state index in [0.717, 1.165) is 109 Å². The zero-order chi connectivity index (χ0) is 68.0. The average Bonchev–Trinajstić information content (AvgIpc) is 1.80. The Kier molecular flexibility index (Phi) is 27.8. The van der Waals surface area contributed by atoms with Crippen LogP contribution < -0.4 is 21.3 Å². The number of nitrogens with one attached hydrogen (secondary N) is 4. The Hall–Kier alpha value is -8.38. The first-order valence-corrected chi connectivity index (χ1v) is 30.7. The van der Waals surface area contributed by atoms with Gasteiger partial charge in [0.25, 0.3) is 0 Å². The number of benzene rings is 6. The van der Waals surface area contributed by atoms with Crippen molar-refractivity contribution in [2.75, 3.05) is 69.4 Å². The molecule has 0 radical (unpaired) electrons. The van der Waals surface area contributed by atoms with Gasteiger partial charge in [-0.15, -0.1) is 0 Å². The lowest BCUT2D eigenvalue weighted by atomic mass is 10.0. The van der Waals surface area contributed by atoms with Crippen LogP contribution in [0.25, 0.3) is 0 Å². The minimum absolute atomic E-state index is 0.00677. The van der Waals surface area contributed by atoms with Crippen molar-refractivity contribution in [2.24, 2.45) is 10.3 Å². The molecule has 2 amide bonds. The lowest BCUT2D eigenvalue weighted by molar-refractivity contribution is -0.185. The summed E-state index contributed by atoms with van der Waals surface area (Å²) in [6, 6.07) is 34.5. The fraction of sp³-hybridized carbons (Fsp3) is 0.358. The van der Waals surface area contributed by atoms with Gasteiger partial charge in [-0.1, -0.05) is 136 Å². The van der Waals surface area contributed by atoms with E-state index in [4.69, 9.17) is 54.7 Å². The van der Waals surface area contributed by atoms with Crippen LogP contribution in [-0.2, 0) is 87.0 Å². The number of anilines is 3. The molecular formula is C67H73Cl3F6N8O9. The lowest BCUT2D eigenvalue weighted by Crippen LogP contribution is -2.42. The summed E-state index contributed by atoms with van der Waals surface area (Å²) in [7, 11) is 3.05. The Morgan fingerprint density at radius 3 is 1.11 bits per heavy atom. The molecular weight excluding hydrogens is 1280 g/mol. The van der Waals surface area contributed by atoms with Crippen LogP contribution in [0.3, 0.4) is 0 Å². The van der Waals surface area contributed by atoms with E-state index in [-0.39, 0.29) is 51.2 Å². The second kappa shape index (κ2) is 35.0. The molecule has 0 aromatic heterocycles. The van der Waals surface area contributed by atoms with Crippen molar-refractivity contribution in [1.29, 1.82) is 0 Å². The standard InChI is InChI=1S/C22H23ClF3N3O2.C21H20ClF3N2O2.C20H24ClN3O.C4H6O4/c1-14(28-31-2)16-5-3-15(4-6-16)13-27-20-18-10-12-29(21(30)22(24,25)26)11-9-17(18)7-8-19(20)23;1-13(28)15-4-2-14(3-5-15)12-26-19-17-9-11-27(20(29)21(23,24)25)10-8-16(17)6-7-18(19)22;1-14(24-25-2)16-5-3-15(4-6-16)13-23-20-18-10-12-22-11-9-17(18)7-8-19(20)21;5-3(6)1-2-4(7)8/h3-8,27H,9-13H2,1-2H3;2-7,26H,8-12H2,1H3;3-8,22-23H,9-13H2,1-2H3;1-2H2,(H,5,6)(H,7,8). The van der Waals surface area contributed by atoms with Crippen molar-refractivity contribution < 1.29 is 70.2 Å². The van der Waals surface area contributed by atoms with E-state index in [2.05, 4.69) is 61.9 Å². The zero-order valence-corrected chi connectivity index (χ0v) is 54.1. The number of carboxylic acids is 2. The molecule has 93 heavy (non-hydrogen) atoms. The molecule has 6 aromatic carbocycles. The van der Waals surface area contributed by atoms with E-state index in [1.165, 1.54) is 30.7 Å². The lowest BCUT2D eigenvalue weighted by Gasteiger charge is -2.21. The zero-order valence-electron chi connectivity index (χ0n) is 51.9. The summed E-state index contributed by atoms with van der Waals surface area (Å²) in [5, 5.41) is 39.0. The summed E-state index contributed by atoms with van der Waals surface area (Å²) in [4.78, 5) is 65.2. The highest BCUT2D eigenvalue weighted by molar-refractivity contribution is 6.34. The number of amides is 2. The largest absolute Gasteiger partial charge is 0.481 e. The number of carboxylic acid groups (broad SMARTS) is 2. The molecule has 0 atom stereocenters. The summed E-state index contributed by atoms with van der Waals surface area (Å²) >= 11 is 19.2. The van der Waals surface area contributed by atoms with Crippen LogP contribution in [-0.4, -0.2) is 127 Å². The summed E-state index contributed by atoms with van der Waals surface area (Å²) in [5.74, 6) is -5.77. The van der Waals surface area contributed by atoms with Gasteiger partial charge in [0.2, 0.25) is 0 Å². The van der Waals surface area contributed by atoms with Crippen LogP contribution in [0.4, 0.5) is 43.4 Å². The third kappa shape index (κ3) is 22.1. The van der Waals surface area contributed by atoms with Crippen molar-refractivity contribution in [3.63, 3.8) is 0 Å². The summed E-state index contributed by atoms with van der Waals surface area (Å²) in [6.45, 7) is 8.99. The van der Waals surface area contributed by atoms with Gasteiger partial charge < -0.3 is 51.0 Å². The summed E-state index contributed by atoms with van der Waals surface area (Å²) < 4.78 is 76.8. The molecule has 0 saturated heterocycles. The van der Waals surface area contributed by atoms with Gasteiger partial charge in [-0.05, 0) is 152 Å². The van der Waals surface area contributed by atoms with Crippen molar-refractivity contribution in [3.05, 3.63) is 191 Å². The first-order valence-electron chi connectivity index (χ1n) is 29.6. The third-order valence-electron chi connectivity index (χ3n) is 15.3. The molecule has 498 valence electrons. The van der Waals surface area contributed by atoms with E-state index < -0.39 is 36.1 Å². The van der Waals surface area contributed by atoms with Crippen molar-refractivity contribution >= 4 is 92.8 Å². The quantitative estimate of drug-likeness (QED) is 0.0217. The maximum Gasteiger partial charge on any atom is 0.471 e. The van der Waals surface area contributed by atoms with Crippen LogP contribution in [0, 0.1) is 0 Å². The topological polar surface area (TPSA) is 224 Å². The summed E-state index contributed by atoms with van der Waals surface area (Å²) in [6.07, 6.45) is -7.03. The van der Waals surface area contributed by atoms with Gasteiger partial charge in [0, 0.05) is 51.4 Å². The Balaban J connectivity index is 0.000000209. The minimum atomic E-state index is -4.87. The molecule has 6 N–H and O–H groups in total.